The summed E-state index contributed by atoms with van der Waals surface area (Å²) in [5, 5.41) is 7.11. The third-order valence-corrected chi connectivity index (χ3v) is 5.44. The van der Waals surface area contributed by atoms with E-state index in [0.717, 1.165) is 36.8 Å². The molecule has 3 heterocycles. The quantitative estimate of drug-likeness (QED) is 0.863. The third-order valence-electron chi connectivity index (χ3n) is 5.44. The number of hydrogen-bond donors (Lipinski definition) is 2. The molecule has 0 radical (unpaired) electrons. The summed E-state index contributed by atoms with van der Waals surface area (Å²) in [5.74, 6) is 2.57. The fourth-order valence-electron chi connectivity index (χ4n) is 3.97. The Morgan fingerprint density at radius 3 is 2.84 bits per heavy atom. The van der Waals surface area contributed by atoms with Crippen molar-refractivity contribution in [1.82, 2.24) is 20.3 Å². The molecule has 5 heteroatoms. The summed E-state index contributed by atoms with van der Waals surface area (Å²) in [7, 11) is 0. The Morgan fingerprint density at radius 2 is 2.08 bits per heavy atom. The van der Waals surface area contributed by atoms with Crippen LogP contribution in [0.25, 0.3) is 0 Å². The minimum atomic E-state index is 0.177. The van der Waals surface area contributed by atoms with Gasteiger partial charge in [-0.3, -0.25) is 4.98 Å². The maximum absolute atomic E-state index is 4.97. The maximum Gasteiger partial charge on any atom is 0.135 e. The zero-order chi connectivity index (χ0) is 17.2. The van der Waals surface area contributed by atoms with Crippen LogP contribution in [0.15, 0.2) is 18.3 Å². The number of nitrogens with one attached hydrogen (secondary N) is 2. The van der Waals surface area contributed by atoms with E-state index in [1.54, 1.807) is 0 Å². The molecular formula is C20H27N5. The van der Waals surface area contributed by atoms with E-state index >= 15 is 0 Å². The molecule has 1 saturated carbocycles. The van der Waals surface area contributed by atoms with E-state index in [4.69, 9.17) is 9.97 Å². The summed E-state index contributed by atoms with van der Waals surface area (Å²) in [6.07, 6.45) is 7.92. The van der Waals surface area contributed by atoms with E-state index in [-0.39, 0.29) is 6.04 Å². The first-order chi connectivity index (χ1) is 12.2. The topological polar surface area (TPSA) is 62.7 Å². The van der Waals surface area contributed by atoms with Crippen LogP contribution in [0.2, 0.25) is 0 Å². The Labute approximate surface area is 149 Å². The zero-order valence-electron chi connectivity index (χ0n) is 15.2. The van der Waals surface area contributed by atoms with Gasteiger partial charge in [0.2, 0.25) is 0 Å². The minimum Gasteiger partial charge on any atom is -0.361 e. The lowest BCUT2D eigenvalue weighted by Crippen LogP contribution is -2.16. The molecule has 0 bridgehead atoms. The molecule has 0 aromatic carbocycles. The Morgan fingerprint density at radius 1 is 1.24 bits per heavy atom. The molecule has 5 nitrogen and oxygen atoms in total. The molecule has 1 aliphatic carbocycles. The van der Waals surface area contributed by atoms with Gasteiger partial charge in [0.05, 0.1) is 17.4 Å². The molecule has 1 fully saturated rings. The Balaban J connectivity index is 1.66. The summed E-state index contributed by atoms with van der Waals surface area (Å²) < 4.78 is 0. The van der Waals surface area contributed by atoms with E-state index < -0.39 is 0 Å². The van der Waals surface area contributed by atoms with Crippen molar-refractivity contribution >= 4 is 5.82 Å². The summed E-state index contributed by atoms with van der Waals surface area (Å²) in [5.41, 5.74) is 4.73. The fraction of sp³-hybridized carbons (Fsp3) is 0.550. The zero-order valence-corrected chi connectivity index (χ0v) is 15.2. The molecule has 0 saturated heterocycles. The molecule has 1 unspecified atom stereocenters. The van der Waals surface area contributed by atoms with Crippen molar-refractivity contribution in [3.63, 3.8) is 0 Å². The molecule has 2 aromatic rings. The van der Waals surface area contributed by atoms with Gasteiger partial charge >= 0.3 is 0 Å². The highest BCUT2D eigenvalue weighted by Gasteiger charge is 2.26. The number of nitrogens with zero attached hydrogens (tertiary/aromatic N) is 3. The molecular weight excluding hydrogens is 310 g/mol. The van der Waals surface area contributed by atoms with Crippen LogP contribution in [0.5, 0.6) is 0 Å². The van der Waals surface area contributed by atoms with Gasteiger partial charge in [0.15, 0.2) is 0 Å². The summed E-state index contributed by atoms with van der Waals surface area (Å²) in [4.78, 5) is 14.4. The Bertz CT molecular complexity index is 752. The number of aromatic nitrogens is 3. The Hall–Kier alpha value is -2.01. The average Bonchev–Trinajstić information content (AvgIpc) is 3.30. The second kappa shape index (κ2) is 7.08. The largest absolute Gasteiger partial charge is 0.361 e. The van der Waals surface area contributed by atoms with Gasteiger partial charge in [-0.15, -0.1) is 0 Å². The molecule has 2 N–H and O–H groups in total. The number of aryl methyl sites for hydroxylation is 1. The van der Waals surface area contributed by atoms with Crippen LogP contribution in [-0.4, -0.2) is 15.0 Å². The van der Waals surface area contributed by atoms with Crippen molar-refractivity contribution < 1.29 is 0 Å². The van der Waals surface area contributed by atoms with Gasteiger partial charge in [-0.05, 0) is 43.9 Å². The van der Waals surface area contributed by atoms with Gasteiger partial charge in [-0.25, -0.2) is 9.97 Å². The van der Waals surface area contributed by atoms with Gasteiger partial charge in [0.25, 0.3) is 0 Å². The molecule has 4 rings (SSSR count). The average molecular weight is 337 g/mol. The maximum atomic E-state index is 4.97. The third kappa shape index (κ3) is 3.38. The predicted molar refractivity (Wildman–Crippen MR) is 99.4 cm³/mol. The van der Waals surface area contributed by atoms with Crippen molar-refractivity contribution in [1.29, 1.82) is 0 Å². The highest BCUT2D eigenvalue weighted by Crippen LogP contribution is 2.35. The second-order valence-electron chi connectivity index (χ2n) is 7.30. The summed E-state index contributed by atoms with van der Waals surface area (Å²) >= 11 is 0. The van der Waals surface area contributed by atoms with E-state index in [2.05, 4.69) is 35.5 Å². The molecule has 1 aliphatic heterocycles. The molecule has 0 amide bonds. The van der Waals surface area contributed by atoms with Crippen molar-refractivity contribution in [2.24, 2.45) is 0 Å². The normalized spacial score (nSPS) is 18.3. The lowest BCUT2D eigenvalue weighted by atomic mass is 10.1. The van der Waals surface area contributed by atoms with Crippen molar-refractivity contribution in [3.8, 4) is 0 Å². The molecule has 1 atom stereocenters. The predicted octanol–water partition coefficient (Wildman–Crippen LogP) is 4.00. The second-order valence-corrected chi connectivity index (χ2v) is 7.30. The van der Waals surface area contributed by atoms with Crippen LogP contribution in [0.3, 0.4) is 0 Å². The SMILES string of the molecule is CCC(Nc1nc(C2CCCC2)nc2c1CNC2)c1cc(C)ccn1. The minimum absolute atomic E-state index is 0.177. The van der Waals surface area contributed by atoms with E-state index in [0.29, 0.717) is 5.92 Å². The molecule has 0 spiro atoms. The van der Waals surface area contributed by atoms with Gasteiger partial charge in [-0.1, -0.05) is 19.8 Å². The number of fused-ring (bicyclic) bond motifs is 1. The van der Waals surface area contributed by atoms with Crippen molar-refractivity contribution in [2.75, 3.05) is 5.32 Å². The number of anilines is 1. The van der Waals surface area contributed by atoms with Crippen LogP contribution in [-0.2, 0) is 13.1 Å². The monoisotopic (exact) mass is 337 g/mol. The van der Waals surface area contributed by atoms with Crippen LogP contribution in [0, 0.1) is 6.92 Å². The fourth-order valence-corrected chi connectivity index (χ4v) is 3.97. The number of pyridine rings is 1. The number of hydrogen-bond acceptors (Lipinski definition) is 5. The highest BCUT2D eigenvalue weighted by molar-refractivity contribution is 5.50. The molecule has 2 aromatic heterocycles. The van der Waals surface area contributed by atoms with Gasteiger partial charge in [0.1, 0.15) is 11.6 Å². The van der Waals surface area contributed by atoms with Crippen LogP contribution < -0.4 is 10.6 Å². The smallest absolute Gasteiger partial charge is 0.135 e. The molecule has 2 aliphatic rings. The number of rotatable bonds is 5. The summed E-state index contributed by atoms with van der Waals surface area (Å²) in [6, 6.07) is 4.38. The highest BCUT2D eigenvalue weighted by atomic mass is 15.1. The van der Waals surface area contributed by atoms with E-state index in [1.165, 1.54) is 42.5 Å². The van der Waals surface area contributed by atoms with Crippen molar-refractivity contribution in [2.45, 2.75) is 71.0 Å². The first-order valence-electron chi connectivity index (χ1n) is 9.54. The van der Waals surface area contributed by atoms with Crippen LogP contribution >= 0.6 is 0 Å². The standard InChI is InChI=1S/C20H27N5/c1-3-16(17-10-13(2)8-9-22-17)23-20-15-11-21-12-18(15)24-19(25-20)14-6-4-5-7-14/h8-10,14,16,21H,3-7,11-12H2,1-2H3,(H,23,24,25). The molecule has 132 valence electrons. The first kappa shape index (κ1) is 16.5. The first-order valence-corrected chi connectivity index (χ1v) is 9.54. The van der Waals surface area contributed by atoms with Gasteiger partial charge < -0.3 is 10.6 Å². The molecule has 25 heavy (non-hydrogen) atoms. The Kier molecular flexibility index (Phi) is 4.66. The van der Waals surface area contributed by atoms with Crippen LogP contribution in [0.4, 0.5) is 5.82 Å². The van der Waals surface area contributed by atoms with Gasteiger partial charge in [0, 0.05) is 30.8 Å². The van der Waals surface area contributed by atoms with Crippen LogP contribution in [0.1, 0.15) is 79.3 Å². The van der Waals surface area contributed by atoms with E-state index in [9.17, 15) is 0 Å². The lowest BCUT2D eigenvalue weighted by Gasteiger charge is -2.20. The van der Waals surface area contributed by atoms with Crippen molar-refractivity contribution in [3.05, 3.63) is 46.7 Å². The van der Waals surface area contributed by atoms with Gasteiger partial charge in [-0.2, -0.15) is 0 Å². The summed E-state index contributed by atoms with van der Waals surface area (Å²) in [6.45, 7) is 6.01. The van der Waals surface area contributed by atoms with E-state index in [1.807, 2.05) is 12.3 Å². The lowest BCUT2D eigenvalue weighted by molar-refractivity contribution is 0.655.